The zero-order valence-electron chi connectivity index (χ0n) is 9.70. The zero-order chi connectivity index (χ0) is 12.7. The Morgan fingerprint density at radius 3 is 2.76 bits per heavy atom. The monoisotopic (exact) mass is 267 g/mol. The van der Waals surface area contributed by atoms with Crippen LogP contribution in [0.15, 0.2) is 0 Å². The van der Waals surface area contributed by atoms with Gasteiger partial charge < -0.3 is 30.5 Å². The van der Waals surface area contributed by atoms with Crippen LogP contribution in [0.25, 0.3) is 0 Å². The van der Waals surface area contributed by atoms with Crippen LogP contribution in [0.1, 0.15) is 6.42 Å². The third-order valence-corrected chi connectivity index (χ3v) is 3.59. The van der Waals surface area contributed by atoms with Crippen molar-refractivity contribution >= 4 is 11.8 Å². The Bertz CT molecular complexity index is 209. The zero-order valence-corrected chi connectivity index (χ0v) is 10.5. The minimum absolute atomic E-state index is 0.216. The highest BCUT2D eigenvalue weighted by molar-refractivity contribution is 7.99. The second kappa shape index (κ2) is 8.25. The normalized spacial score (nSPS) is 33.9. The van der Waals surface area contributed by atoms with Crippen molar-refractivity contribution in [3.05, 3.63) is 0 Å². The van der Waals surface area contributed by atoms with E-state index in [1.807, 2.05) is 0 Å². The standard InChI is InChI=1S/C10H21NO5S/c11-1-2-15-3-4-17-9-5-7(13)10(14)8(6-12)16-9/h7-10,12-14H,1-6,11H2/t7-,8-,9-,10?/m1/s1. The van der Waals surface area contributed by atoms with E-state index in [1.165, 1.54) is 11.8 Å². The number of rotatable bonds is 7. The van der Waals surface area contributed by atoms with Gasteiger partial charge in [0, 0.05) is 18.7 Å². The first-order valence-electron chi connectivity index (χ1n) is 5.71. The molecule has 5 N–H and O–H groups in total. The molecule has 1 aliphatic rings. The van der Waals surface area contributed by atoms with Gasteiger partial charge in [0.05, 0.1) is 25.9 Å². The lowest BCUT2D eigenvalue weighted by atomic mass is 10.0. The topological polar surface area (TPSA) is 105 Å². The highest BCUT2D eigenvalue weighted by Gasteiger charge is 2.36. The van der Waals surface area contributed by atoms with Crippen molar-refractivity contribution in [2.45, 2.75) is 30.2 Å². The molecule has 17 heavy (non-hydrogen) atoms. The van der Waals surface area contributed by atoms with Gasteiger partial charge in [0.1, 0.15) is 17.6 Å². The molecular formula is C10H21NO5S. The highest BCUT2D eigenvalue weighted by atomic mass is 32.2. The van der Waals surface area contributed by atoms with Gasteiger partial charge in [-0.2, -0.15) is 0 Å². The Labute approximate surface area is 105 Å². The van der Waals surface area contributed by atoms with E-state index in [-0.39, 0.29) is 12.0 Å². The maximum Gasteiger partial charge on any atom is 0.110 e. The van der Waals surface area contributed by atoms with Crippen molar-refractivity contribution in [1.29, 1.82) is 0 Å². The molecule has 0 aromatic carbocycles. The molecule has 1 rings (SSSR count). The Morgan fingerprint density at radius 2 is 2.12 bits per heavy atom. The van der Waals surface area contributed by atoms with Crippen molar-refractivity contribution in [3.63, 3.8) is 0 Å². The summed E-state index contributed by atoms with van der Waals surface area (Å²) < 4.78 is 10.7. The van der Waals surface area contributed by atoms with Crippen molar-refractivity contribution in [3.8, 4) is 0 Å². The predicted molar refractivity (Wildman–Crippen MR) is 64.7 cm³/mol. The lowest BCUT2D eigenvalue weighted by Crippen LogP contribution is -2.49. The van der Waals surface area contributed by atoms with Crippen LogP contribution >= 0.6 is 11.8 Å². The molecular weight excluding hydrogens is 246 g/mol. The van der Waals surface area contributed by atoms with Crippen molar-refractivity contribution in [2.75, 3.05) is 32.1 Å². The average Bonchev–Trinajstić information content (AvgIpc) is 2.33. The summed E-state index contributed by atoms with van der Waals surface area (Å²) in [6.07, 6.45) is -2.20. The maximum atomic E-state index is 9.59. The van der Waals surface area contributed by atoms with E-state index in [1.54, 1.807) is 0 Å². The average molecular weight is 267 g/mol. The van der Waals surface area contributed by atoms with E-state index < -0.39 is 18.3 Å². The first-order valence-corrected chi connectivity index (χ1v) is 6.75. The van der Waals surface area contributed by atoms with Crippen LogP contribution in [0.3, 0.4) is 0 Å². The smallest absolute Gasteiger partial charge is 0.110 e. The molecule has 102 valence electrons. The Hall–Kier alpha value is 0.110. The first kappa shape index (κ1) is 15.2. The quantitative estimate of drug-likeness (QED) is 0.417. The van der Waals surface area contributed by atoms with Crippen LogP contribution in [0.2, 0.25) is 0 Å². The lowest BCUT2D eigenvalue weighted by molar-refractivity contribution is -0.157. The fourth-order valence-corrected chi connectivity index (χ4v) is 2.63. The Balaban J connectivity index is 2.20. The summed E-state index contributed by atoms with van der Waals surface area (Å²) >= 11 is 1.50. The number of thioether (sulfide) groups is 1. The van der Waals surface area contributed by atoms with Crippen LogP contribution in [0.4, 0.5) is 0 Å². The maximum absolute atomic E-state index is 9.59. The van der Waals surface area contributed by atoms with Crippen LogP contribution in [-0.4, -0.2) is 71.2 Å². The molecule has 7 heteroatoms. The largest absolute Gasteiger partial charge is 0.394 e. The molecule has 1 heterocycles. The Morgan fingerprint density at radius 1 is 1.35 bits per heavy atom. The summed E-state index contributed by atoms with van der Waals surface area (Å²) in [5, 5.41) is 28.1. The van der Waals surface area contributed by atoms with Gasteiger partial charge in [-0.05, 0) is 0 Å². The molecule has 1 aliphatic heterocycles. The Kier molecular flexibility index (Phi) is 7.36. The van der Waals surface area contributed by atoms with E-state index in [9.17, 15) is 10.2 Å². The highest BCUT2D eigenvalue weighted by Crippen LogP contribution is 2.27. The van der Waals surface area contributed by atoms with E-state index >= 15 is 0 Å². The van der Waals surface area contributed by atoms with Crippen LogP contribution in [-0.2, 0) is 9.47 Å². The number of nitrogens with two attached hydrogens (primary N) is 1. The molecule has 0 aliphatic carbocycles. The first-order chi connectivity index (χ1) is 8.19. The number of hydrogen-bond donors (Lipinski definition) is 4. The van der Waals surface area contributed by atoms with Gasteiger partial charge >= 0.3 is 0 Å². The number of aliphatic hydroxyl groups is 3. The summed E-state index contributed by atoms with van der Waals surface area (Å²) in [5.41, 5.74) is 5.06. The molecule has 0 aromatic rings. The van der Waals surface area contributed by atoms with Gasteiger partial charge in [0.25, 0.3) is 0 Å². The summed E-state index contributed by atoms with van der Waals surface area (Å²) in [7, 11) is 0. The fraction of sp³-hybridized carbons (Fsp3) is 1.00. The molecule has 1 saturated heterocycles. The third kappa shape index (κ3) is 5.09. The van der Waals surface area contributed by atoms with Crippen LogP contribution in [0.5, 0.6) is 0 Å². The number of aliphatic hydroxyl groups excluding tert-OH is 3. The molecule has 0 radical (unpaired) electrons. The second-order valence-corrected chi connectivity index (χ2v) is 5.12. The summed E-state index contributed by atoms with van der Waals surface area (Å²) in [6.45, 7) is 1.32. The molecule has 4 atom stereocenters. The van der Waals surface area contributed by atoms with Gasteiger partial charge in [0.2, 0.25) is 0 Å². The predicted octanol–water partition coefficient (Wildman–Crippen LogP) is -1.48. The molecule has 0 aromatic heterocycles. The van der Waals surface area contributed by atoms with Gasteiger partial charge in [-0.1, -0.05) is 0 Å². The van der Waals surface area contributed by atoms with Gasteiger partial charge in [-0.3, -0.25) is 0 Å². The van der Waals surface area contributed by atoms with Crippen molar-refractivity contribution in [1.82, 2.24) is 0 Å². The number of ether oxygens (including phenoxy) is 2. The fourth-order valence-electron chi connectivity index (χ4n) is 1.60. The minimum atomic E-state index is -1.01. The molecule has 0 saturated carbocycles. The molecule has 6 nitrogen and oxygen atoms in total. The molecule has 1 fully saturated rings. The summed E-state index contributed by atoms with van der Waals surface area (Å²) in [4.78, 5) is 0. The van der Waals surface area contributed by atoms with Gasteiger partial charge in [0.15, 0.2) is 0 Å². The summed E-state index contributed by atoms with van der Waals surface area (Å²) in [6, 6.07) is 0. The van der Waals surface area contributed by atoms with Crippen LogP contribution < -0.4 is 5.73 Å². The van der Waals surface area contributed by atoms with E-state index in [4.69, 9.17) is 20.3 Å². The second-order valence-electron chi connectivity index (χ2n) is 3.85. The van der Waals surface area contributed by atoms with Gasteiger partial charge in [-0.15, -0.1) is 11.8 Å². The van der Waals surface area contributed by atoms with E-state index in [2.05, 4.69) is 0 Å². The SMILES string of the molecule is NCCOCCS[C@@H]1C[C@@H](O)C(O)[C@@H](CO)O1. The number of hydrogen-bond acceptors (Lipinski definition) is 7. The summed E-state index contributed by atoms with van der Waals surface area (Å²) in [5.74, 6) is 0.728. The van der Waals surface area contributed by atoms with E-state index in [0.29, 0.717) is 26.2 Å². The molecule has 0 bridgehead atoms. The van der Waals surface area contributed by atoms with E-state index in [0.717, 1.165) is 5.75 Å². The lowest BCUT2D eigenvalue weighted by Gasteiger charge is -2.36. The van der Waals surface area contributed by atoms with Gasteiger partial charge in [-0.25, -0.2) is 0 Å². The molecule has 1 unspecified atom stereocenters. The van der Waals surface area contributed by atoms with Crippen molar-refractivity contribution < 1.29 is 24.8 Å². The molecule has 0 spiro atoms. The van der Waals surface area contributed by atoms with Crippen molar-refractivity contribution in [2.24, 2.45) is 5.73 Å². The third-order valence-electron chi connectivity index (χ3n) is 2.51. The minimum Gasteiger partial charge on any atom is -0.394 e. The van der Waals surface area contributed by atoms with Crippen LogP contribution in [0, 0.1) is 0 Å². The molecule has 0 amide bonds.